The summed E-state index contributed by atoms with van der Waals surface area (Å²) in [6, 6.07) is 0. The average molecular weight is 737 g/mol. The van der Waals surface area contributed by atoms with E-state index < -0.39 is 82.8 Å². The molecular weight excluding hydrogens is 705 g/mol. The first kappa shape index (κ1) is 34.8. The molecule has 25 heteroatoms. The van der Waals surface area contributed by atoms with E-state index in [1.165, 1.54) is 28.1 Å². The van der Waals surface area contributed by atoms with Gasteiger partial charge in [0, 0.05) is 12.3 Å². The van der Waals surface area contributed by atoms with Gasteiger partial charge in [-0.15, -0.1) is 0 Å². The van der Waals surface area contributed by atoms with Crippen molar-refractivity contribution in [1.82, 2.24) is 39.0 Å². The van der Waals surface area contributed by atoms with Crippen molar-refractivity contribution in [2.45, 2.75) is 49.6 Å². The number of rotatable bonds is 12. The van der Waals surface area contributed by atoms with Crippen LogP contribution in [0.2, 0.25) is 0 Å². The number of halogens is 1. The Balaban J connectivity index is 1.14. The Hall–Kier alpha value is -3.05. The Morgan fingerprint density at radius 2 is 1.75 bits per heavy atom. The van der Waals surface area contributed by atoms with Crippen LogP contribution in [0.4, 0.5) is 16.2 Å². The van der Waals surface area contributed by atoms with Gasteiger partial charge < -0.3 is 45.3 Å². The predicted octanol–water partition coefficient (Wildman–Crippen LogP) is -0.235. The Kier molecular flexibility index (Phi) is 9.67. The summed E-state index contributed by atoms with van der Waals surface area (Å²) in [6.45, 7) is -6.89. The molecule has 9 N–H and O–H groups in total. The van der Waals surface area contributed by atoms with Crippen molar-refractivity contribution in [1.29, 1.82) is 0 Å². The quantitative estimate of drug-likeness (QED) is 0.0923. The second-order valence-corrected chi connectivity index (χ2v) is 15.3. The van der Waals surface area contributed by atoms with Gasteiger partial charge in [0.25, 0.3) is 5.56 Å². The molecule has 4 aromatic heterocycles. The van der Waals surface area contributed by atoms with Crippen molar-refractivity contribution in [3.8, 4) is 0 Å². The van der Waals surface area contributed by atoms with E-state index >= 15 is 0 Å². The number of H-pyrrole nitrogens is 1. The number of nitrogens with two attached hydrogens (primary N) is 2. The molecule has 2 aliphatic rings. The summed E-state index contributed by atoms with van der Waals surface area (Å²) >= 11 is 4.55. The summed E-state index contributed by atoms with van der Waals surface area (Å²) in [6.07, 6.45) is -0.628. The molecule has 2 aliphatic heterocycles. The Morgan fingerprint density at radius 1 is 1.04 bits per heavy atom. The van der Waals surface area contributed by atoms with E-state index in [-0.39, 0.29) is 53.4 Å². The van der Waals surface area contributed by atoms with Gasteiger partial charge in [-0.25, -0.2) is 28.9 Å². The lowest BCUT2D eigenvalue weighted by Crippen LogP contribution is -2.45. The zero-order valence-electron chi connectivity index (χ0n) is 24.7. The first-order valence-electron chi connectivity index (χ1n) is 14.2. The molecule has 7 atom stereocenters. The summed E-state index contributed by atoms with van der Waals surface area (Å²) in [5, 5.41) is 10.4. The first-order chi connectivity index (χ1) is 22.7. The topological polar surface area (TPSA) is 303 Å². The second kappa shape index (κ2) is 13.3. The zero-order valence-corrected chi connectivity index (χ0v) is 27.3. The summed E-state index contributed by atoms with van der Waals surface area (Å²) in [7, 11) is -4.90. The number of aliphatic hydroxyl groups excluding tert-OH is 1. The third kappa shape index (κ3) is 7.13. The standard InChI is InChI=1S/C23H31FN10O11P2S/c24-12-1-2-14(33-10-30-17-20(33)31-22(26)32-21(17)36)44-13(12)5-42-46(37,38)41-4-11-3-15(45-23(11,6-35)7-43-47(39,40)48)34-9-29-16-18(25)27-8-28-19(16)34/h8-15,35H,1-7H2,(H,37,38)(H2,25,27,28)(H2,39,40,48)(H3,26,31,32,36)/t11-,12+,13-,14-,15-,23-/m1/s1. The summed E-state index contributed by atoms with van der Waals surface area (Å²) in [4.78, 5) is 64.8. The molecule has 48 heavy (non-hydrogen) atoms. The van der Waals surface area contributed by atoms with Crippen LogP contribution in [0, 0.1) is 5.92 Å². The number of fused-ring (bicyclic) bond motifs is 2. The van der Waals surface area contributed by atoms with Crippen molar-refractivity contribution >= 4 is 60.4 Å². The lowest BCUT2D eigenvalue weighted by Gasteiger charge is -2.34. The maximum absolute atomic E-state index is 14.9. The Labute approximate surface area is 273 Å². The monoisotopic (exact) mass is 736 g/mol. The molecule has 0 spiro atoms. The highest BCUT2D eigenvalue weighted by molar-refractivity contribution is 8.06. The highest BCUT2D eigenvalue weighted by Crippen LogP contribution is 2.50. The normalized spacial score (nSPS) is 27.9. The second-order valence-electron chi connectivity index (χ2n) is 11.1. The number of hydrogen-bond acceptors (Lipinski definition) is 16. The van der Waals surface area contributed by atoms with Crippen LogP contribution in [0.15, 0.2) is 23.8 Å². The molecule has 6 rings (SSSR count). The number of ether oxygens (including phenoxy) is 2. The van der Waals surface area contributed by atoms with Crippen molar-refractivity contribution in [2.24, 2.45) is 5.92 Å². The molecule has 0 radical (unpaired) electrons. The molecular formula is C23H31FN10O11P2S. The zero-order chi connectivity index (χ0) is 34.4. The fraction of sp³-hybridized carbons (Fsp3) is 0.565. The van der Waals surface area contributed by atoms with Gasteiger partial charge >= 0.3 is 14.5 Å². The Bertz CT molecular complexity index is 1960. The van der Waals surface area contributed by atoms with E-state index in [1.54, 1.807) is 0 Å². The maximum Gasteiger partial charge on any atom is 0.472 e. The fourth-order valence-corrected chi connectivity index (χ4v) is 6.96. The molecule has 0 aromatic carbocycles. The van der Waals surface area contributed by atoms with Gasteiger partial charge in [0.2, 0.25) is 5.95 Å². The van der Waals surface area contributed by atoms with Crippen LogP contribution in [-0.2, 0) is 39.4 Å². The van der Waals surface area contributed by atoms with Crippen LogP contribution in [-0.4, -0.2) is 103 Å². The number of nitrogens with zero attached hydrogens (tertiary/aromatic N) is 7. The minimum absolute atomic E-state index is 0.00408. The molecule has 262 valence electrons. The van der Waals surface area contributed by atoms with E-state index in [0.29, 0.717) is 0 Å². The highest BCUT2D eigenvalue weighted by atomic mass is 32.5. The third-order valence-corrected chi connectivity index (χ3v) is 9.80. The molecule has 4 aromatic rings. The van der Waals surface area contributed by atoms with Crippen LogP contribution in [0.25, 0.3) is 22.3 Å². The third-order valence-electron chi connectivity index (χ3n) is 8.07. The van der Waals surface area contributed by atoms with Crippen molar-refractivity contribution < 1.29 is 51.8 Å². The molecule has 2 fully saturated rings. The van der Waals surface area contributed by atoms with Gasteiger partial charge in [0.1, 0.15) is 42.2 Å². The van der Waals surface area contributed by atoms with Crippen LogP contribution in [0.3, 0.4) is 0 Å². The SMILES string of the molecule is Nc1nc2c(ncn2[C@H]2CC[C@H](F)[C@@H](COP(=O)(O)OC[C@H]3C[C@H](n4cnc5c(N)ncnc54)O[C@]3(CO)COP(O)(O)=S)O2)c(=O)[nH]1. The van der Waals surface area contributed by atoms with E-state index in [0.717, 1.165) is 0 Å². The summed E-state index contributed by atoms with van der Waals surface area (Å²) in [5.41, 5.74) is 9.91. The number of nitrogens with one attached hydrogen (secondary N) is 1. The number of imidazole rings is 2. The molecule has 2 saturated heterocycles. The molecule has 0 bridgehead atoms. The van der Waals surface area contributed by atoms with Gasteiger partial charge in [-0.1, -0.05) is 0 Å². The van der Waals surface area contributed by atoms with E-state index in [2.05, 4.69) is 41.7 Å². The van der Waals surface area contributed by atoms with Gasteiger partial charge in [-0.3, -0.25) is 28.0 Å². The number of nitrogen functional groups attached to an aromatic ring is 2. The van der Waals surface area contributed by atoms with Crippen molar-refractivity contribution in [2.75, 3.05) is 37.9 Å². The first-order valence-corrected chi connectivity index (χ1v) is 18.4. The van der Waals surface area contributed by atoms with E-state index in [9.17, 15) is 33.5 Å². The van der Waals surface area contributed by atoms with Crippen molar-refractivity contribution in [3.63, 3.8) is 0 Å². The number of hydrogen-bond donors (Lipinski definition) is 7. The molecule has 6 heterocycles. The van der Waals surface area contributed by atoms with E-state index in [1.807, 2.05) is 0 Å². The minimum Gasteiger partial charge on any atom is -0.393 e. The molecule has 0 amide bonds. The lowest BCUT2D eigenvalue weighted by molar-refractivity contribution is -0.140. The molecule has 21 nitrogen and oxygen atoms in total. The van der Waals surface area contributed by atoms with Crippen molar-refractivity contribution in [3.05, 3.63) is 29.3 Å². The molecule has 0 saturated carbocycles. The average Bonchev–Trinajstić information content (AvgIpc) is 3.75. The predicted molar refractivity (Wildman–Crippen MR) is 165 cm³/mol. The molecule has 0 aliphatic carbocycles. The van der Waals surface area contributed by atoms with Gasteiger partial charge in [0.05, 0.1) is 39.1 Å². The molecule has 1 unspecified atom stereocenters. The highest BCUT2D eigenvalue weighted by Gasteiger charge is 2.51. The van der Waals surface area contributed by atoms with Crippen LogP contribution < -0.4 is 17.0 Å². The fourth-order valence-electron chi connectivity index (χ4n) is 5.64. The number of phosphoric ester groups is 1. The number of anilines is 2. The van der Waals surface area contributed by atoms with Crippen LogP contribution in [0.5, 0.6) is 0 Å². The van der Waals surface area contributed by atoms with Crippen LogP contribution >= 0.6 is 14.5 Å². The lowest BCUT2D eigenvalue weighted by atomic mass is 9.89. The summed E-state index contributed by atoms with van der Waals surface area (Å²) in [5.74, 6) is -0.985. The number of aromatic nitrogens is 8. The smallest absolute Gasteiger partial charge is 0.393 e. The van der Waals surface area contributed by atoms with Gasteiger partial charge in [0.15, 0.2) is 22.6 Å². The largest absolute Gasteiger partial charge is 0.472 e. The minimum atomic E-state index is -4.90. The van der Waals surface area contributed by atoms with E-state index in [4.69, 9.17) is 34.5 Å². The number of aromatic amines is 1. The Morgan fingerprint density at radius 3 is 2.48 bits per heavy atom. The number of phosphoric acid groups is 1. The van der Waals surface area contributed by atoms with Gasteiger partial charge in [-0.05, 0) is 24.6 Å². The van der Waals surface area contributed by atoms with Crippen LogP contribution in [0.1, 0.15) is 31.7 Å². The summed E-state index contributed by atoms with van der Waals surface area (Å²) < 4.78 is 58.1. The maximum atomic E-state index is 14.9. The number of alkyl halides is 1. The number of aliphatic hydroxyl groups is 1. The van der Waals surface area contributed by atoms with Gasteiger partial charge in [-0.2, -0.15) is 4.98 Å².